The third kappa shape index (κ3) is 6.14. The molecule has 0 bridgehead atoms. The van der Waals surface area contributed by atoms with Gasteiger partial charge in [-0.05, 0) is 6.92 Å². The van der Waals surface area contributed by atoms with Gasteiger partial charge in [0.25, 0.3) is 5.56 Å². The predicted octanol–water partition coefficient (Wildman–Crippen LogP) is -1.24. The fraction of sp³-hybridized carbons (Fsp3) is 0.545. The Balaban J connectivity index is 1.32. The second kappa shape index (κ2) is 12.8. The first-order valence-electron chi connectivity index (χ1n) is 13.0. The summed E-state index contributed by atoms with van der Waals surface area (Å²) in [5.74, 6) is -0.158. The van der Waals surface area contributed by atoms with E-state index >= 15 is 4.39 Å². The normalized spacial score (nSPS) is 24.0. The number of halogens is 1. The highest BCUT2D eigenvalue weighted by molar-refractivity contribution is 7.47. The van der Waals surface area contributed by atoms with Crippen molar-refractivity contribution >= 4 is 41.9 Å². The van der Waals surface area contributed by atoms with Crippen molar-refractivity contribution in [3.8, 4) is 0 Å². The number of aliphatic hydroxyl groups excluding tert-OH is 2. The number of nitrogen functional groups attached to an aromatic ring is 2. The van der Waals surface area contributed by atoms with Crippen molar-refractivity contribution in [3.63, 3.8) is 0 Å². The lowest BCUT2D eigenvalue weighted by Gasteiger charge is -2.29. The zero-order chi connectivity index (χ0) is 31.8. The van der Waals surface area contributed by atoms with Crippen molar-refractivity contribution < 1.29 is 47.3 Å². The molecule has 0 radical (unpaired) electrons. The molecule has 1 saturated heterocycles. The van der Waals surface area contributed by atoms with Crippen LogP contribution in [-0.2, 0) is 27.8 Å². The number of imidazole rings is 2. The number of anilines is 2. The summed E-state index contributed by atoms with van der Waals surface area (Å²) in [5.41, 5.74) is 11.1. The molecular weight excluding hydrogens is 614 g/mol. The van der Waals surface area contributed by atoms with Gasteiger partial charge in [0.1, 0.15) is 30.2 Å². The van der Waals surface area contributed by atoms with E-state index < -0.39 is 76.2 Å². The third-order valence-corrected chi connectivity index (χ3v) is 7.72. The van der Waals surface area contributed by atoms with Crippen LogP contribution in [0.2, 0.25) is 0 Å². The summed E-state index contributed by atoms with van der Waals surface area (Å²) in [6.07, 6.45) is -6.19. The SMILES string of the molecule is CO[C@H](CO)[C@@H](OC(C)COP(=O)(O)O[C@@H]1[C@@H](F)[C@@H](CO)O[C@H]1n1cnc2c(=O)[nH]c(N)nc21)n1cnc2c(N)ncnc21. The topological polar surface area (TPSA) is 283 Å². The molecule has 0 spiro atoms. The minimum Gasteiger partial charge on any atom is -0.394 e. The molecule has 5 heterocycles. The van der Waals surface area contributed by atoms with Crippen molar-refractivity contribution in [3.05, 3.63) is 29.3 Å². The van der Waals surface area contributed by atoms with E-state index in [2.05, 4.69) is 29.9 Å². The number of rotatable bonds is 13. The summed E-state index contributed by atoms with van der Waals surface area (Å²) in [7, 11) is -3.70. The third-order valence-electron chi connectivity index (χ3n) is 6.73. The van der Waals surface area contributed by atoms with Gasteiger partial charge in [-0.25, -0.2) is 28.9 Å². The van der Waals surface area contributed by atoms with E-state index in [-0.39, 0.29) is 34.1 Å². The largest absolute Gasteiger partial charge is 0.472 e. The van der Waals surface area contributed by atoms with Crippen LogP contribution in [0.4, 0.5) is 16.2 Å². The number of aromatic amines is 1. The van der Waals surface area contributed by atoms with Crippen LogP contribution in [0.15, 0.2) is 23.8 Å². The number of methoxy groups -OCH3 is 1. The number of aromatic nitrogens is 8. The van der Waals surface area contributed by atoms with Crippen LogP contribution >= 0.6 is 7.82 Å². The highest BCUT2D eigenvalue weighted by Gasteiger charge is 2.50. The average Bonchev–Trinajstić information content (AvgIpc) is 3.68. The molecule has 1 aliphatic heterocycles. The first kappa shape index (κ1) is 31.8. The van der Waals surface area contributed by atoms with Crippen LogP contribution in [0.1, 0.15) is 19.4 Å². The number of aliphatic hydroxyl groups is 2. The first-order chi connectivity index (χ1) is 21.0. The van der Waals surface area contributed by atoms with Gasteiger partial charge in [-0.1, -0.05) is 0 Å². The van der Waals surface area contributed by atoms with Gasteiger partial charge in [0.15, 0.2) is 41.3 Å². The highest BCUT2D eigenvalue weighted by atomic mass is 31.2. The number of phosphoric acid groups is 1. The van der Waals surface area contributed by atoms with Gasteiger partial charge in [-0.3, -0.25) is 28.0 Å². The fourth-order valence-corrected chi connectivity index (χ4v) is 5.63. The lowest BCUT2D eigenvalue weighted by atomic mass is 10.1. The number of phosphoric ester groups is 1. The average molecular weight is 645 g/mol. The van der Waals surface area contributed by atoms with Crippen molar-refractivity contribution in [1.29, 1.82) is 0 Å². The van der Waals surface area contributed by atoms with E-state index in [0.717, 1.165) is 10.9 Å². The summed E-state index contributed by atoms with van der Waals surface area (Å²) in [5, 5.41) is 19.5. The Hall–Kier alpha value is -3.66. The number of nitrogens with zero attached hydrogens (tertiary/aromatic N) is 7. The summed E-state index contributed by atoms with van der Waals surface area (Å²) in [6.45, 7) is -0.352. The van der Waals surface area contributed by atoms with Gasteiger partial charge in [-0.15, -0.1) is 0 Å². The van der Waals surface area contributed by atoms with Gasteiger partial charge in [0, 0.05) is 7.11 Å². The molecule has 240 valence electrons. The molecular formula is C22H30FN10O10P. The van der Waals surface area contributed by atoms with E-state index in [9.17, 15) is 24.5 Å². The molecule has 44 heavy (non-hydrogen) atoms. The van der Waals surface area contributed by atoms with E-state index in [1.807, 2.05) is 0 Å². The molecule has 8 N–H and O–H groups in total. The van der Waals surface area contributed by atoms with Gasteiger partial charge < -0.3 is 40.8 Å². The molecule has 0 saturated carbocycles. The van der Waals surface area contributed by atoms with Gasteiger partial charge >= 0.3 is 7.82 Å². The summed E-state index contributed by atoms with van der Waals surface area (Å²) < 4.78 is 58.0. The standard InChI is InChI=1S/C22H30FN10O10P/c1-9(41-20(11(4-35)39-2)32-7-28-13-16(24)26-6-27-17(13)32)5-40-44(37,38)43-15-12(23)10(3-34)42-21(15)33-8-29-14-18(33)30-22(25)31-19(14)36/h6-12,15,20-21,34-35H,3-5H2,1-2H3,(H,37,38)(H2,24,26,27)(H3,25,30,31,36)/t9?,10-,11-,12+,15-,20-,21-/m1/s1. The molecule has 4 aromatic rings. The number of fused-ring (bicyclic) bond motifs is 2. The number of ether oxygens (including phenoxy) is 3. The Labute approximate surface area is 246 Å². The minimum absolute atomic E-state index is 0.110. The monoisotopic (exact) mass is 644 g/mol. The van der Waals surface area contributed by atoms with Crippen molar-refractivity contribution in [2.24, 2.45) is 0 Å². The summed E-state index contributed by atoms with van der Waals surface area (Å²) in [4.78, 5) is 45.1. The zero-order valence-electron chi connectivity index (χ0n) is 23.2. The molecule has 0 aromatic carbocycles. The van der Waals surface area contributed by atoms with E-state index in [4.69, 9.17) is 34.7 Å². The van der Waals surface area contributed by atoms with Gasteiger partial charge in [-0.2, -0.15) is 4.98 Å². The molecule has 4 aromatic heterocycles. The lowest BCUT2D eigenvalue weighted by Crippen LogP contribution is -2.35. The highest BCUT2D eigenvalue weighted by Crippen LogP contribution is 2.50. The quantitative estimate of drug-likeness (QED) is 0.0928. The maximum Gasteiger partial charge on any atom is 0.472 e. The molecule has 22 heteroatoms. The number of hydrogen-bond acceptors (Lipinski definition) is 16. The Morgan fingerprint density at radius 3 is 2.64 bits per heavy atom. The molecule has 20 nitrogen and oxygen atoms in total. The maximum absolute atomic E-state index is 15.3. The van der Waals surface area contributed by atoms with E-state index in [1.165, 1.54) is 31.3 Å². The lowest BCUT2D eigenvalue weighted by molar-refractivity contribution is -0.143. The smallest absolute Gasteiger partial charge is 0.394 e. The maximum atomic E-state index is 15.3. The Bertz CT molecular complexity index is 1720. The number of H-pyrrole nitrogens is 1. The van der Waals surface area contributed by atoms with E-state index in [0.29, 0.717) is 0 Å². The van der Waals surface area contributed by atoms with Gasteiger partial charge in [0.05, 0.1) is 38.6 Å². The first-order valence-corrected chi connectivity index (χ1v) is 14.5. The molecule has 1 fully saturated rings. The minimum atomic E-state index is -5.04. The van der Waals surface area contributed by atoms with Crippen LogP contribution in [0, 0.1) is 0 Å². The Kier molecular flexibility index (Phi) is 9.20. The fourth-order valence-electron chi connectivity index (χ4n) is 4.64. The Morgan fingerprint density at radius 1 is 1.18 bits per heavy atom. The zero-order valence-corrected chi connectivity index (χ0v) is 24.1. The summed E-state index contributed by atoms with van der Waals surface area (Å²) in [6, 6.07) is 0. The summed E-state index contributed by atoms with van der Waals surface area (Å²) >= 11 is 0. The van der Waals surface area contributed by atoms with Crippen molar-refractivity contribution in [1.82, 2.24) is 39.0 Å². The van der Waals surface area contributed by atoms with Crippen molar-refractivity contribution in [2.45, 2.75) is 50.0 Å². The van der Waals surface area contributed by atoms with Crippen molar-refractivity contribution in [2.75, 3.05) is 38.4 Å². The second-order valence-electron chi connectivity index (χ2n) is 9.68. The van der Waals surface area contributed by atoms with Crippen LogP contribution < -0.4 is 17.0 Å². The number of nitrogens with two attached hydrogens (primary N) is 2. The number of alkyl halides is 1. The molecule has 1 aliphatic rings. The predicted molar refractivity (Wildman–Crippen MR) is 146 cm³/mol. The van der Waals surface area contributed by atoms with Crippen LogP contribution in [0.3, 0.4) is 0 Å². The van der Waals surface area contributed by atoms with Crippen LogP contribution in [-0.4, -0.2) is 112 Å². The molecule has 5 rings (SSSR count). The Morgan fingerprint density at radius 2 is 1.93 bits per heavy atom. The molecule has 0 amide bonds. The molecule has 8 atom stereocenters. The second-order valence-corrected chi connectivity index (χ2v) is 11.1. The van der Waals surface area contributed by atoms with Crippen LogP contribution in [0.25, 0.3) is 22.3 Å². The number of nitrogens with one attached hydrogen (secondary N) is 1. The van der Waals surface area contributed by atoms with E-state index in [1.54, 1.807) is 0 Å². The van der Waals surface area contributed by atoms with Gasteiger partial charge in [0.2, 0.25) is 5.95 Å². The number of hydrogen-bond donors (Lipinski definition) is 6. The molecule has 2 unspecified atom stereocenters. The van der Waals surface area contributed by atoms with Crippen LogP contribution in [0.5, 0.6) is 0 Å². The molecule has 0 aliphatic carbocycles.